The maximum atomic E-state index is 13.0. The number of ether oxygens (including phenoxy) is 2. The maximum Gasteiger partial charge on any atom is 0.338 e. The molecule has 12 heteroatoms. The number of nitrogens with zero attached hydrogens (tertiary/aromatic N) is 2. The summed E-state index contributed by atoms with van der Waals surface area (Å²) >= 11 is 18.2. The zero-order valence-electron chi connectivity index (χ0n) is 20.4. The zero-order chi connectivity index (χ0) is 27.9. The van der Waals surface area contributed by atoms with Gasteiger partial charge in [0.2, 0.25) is 0 Å². The lowest BCUT2D eigenvalue weighted by molar-refractivity contribution is -0.123. The predicted molar refractivity (Wildman–Crippen MR) is 157 cm³/mol. The van der Waals surface area contributed by atoms with E-state index in [1.807, 2.05) is 19.1 Å². The highest BCUT2D eigenvalue weighted by molar-refractivity contribution is 8.26. The molecule has 0 unspecified atom stereocenters. The number of halogens is 2. The number of nitriles is 1. The van der Waals surface area contributed by atoms with Crippen LogP contribution in [0.1, 0.15) is 23.6 Å². The van der Waals surface area contributed by atoms with Crippen LogP contribution in [0.25, 0.3) is 6.08 Å². The van der Waals surface area contributed by atoms with Crippen molar-refractivity contribution in [3.63, 3.8) is 0 Å². The van der Waals surface area contributed by atoms with Gasteiger partial charge in [0.25, 0.3) is 5.91 Å². The van der Waals surface area contributed by atoms with E-state index >= 15 is 0 Å². The summed E-state index contributed by atoms with van der Waals surface area (Å²) in [5.41, 5.74) is 4.80. The molecule has 0 aromatic heterocycles. The second-order valence-corrected chi connectivity index (χ2v) is 10.4. The van der Waals surface area contributed by atoms with Crippen LogP contribution in [0.4, 0.5) is 10.5 Å². The predicted octanol–water partition coefficient (Wildman–Crippen LogP) is 6.78. The van der Waals surface area contributed by atoms with E-state index in [9.17, 15) is 14.9 Å². The van der Waals surface area contributed by atoms with E-state index in [0.717, 1.165) is 22.3 Å². The molecule has 1 aliphatic rings. The molecule has 3 amide bonds. The van der Waals surface area contributed by atoms with Gasteiger partial charge < -0.3 is 14.8 Å². The Morgan fingerprint density at radius 1 is 1.10 bits per heavy atom. The smallest absolute Gasteiger partial charge is 0.338 e. The third-order valence-corrected chi connectivity index (χ3v) is 7.31. The quantitative estimate of drug-likeness (QED) is 0.217. The third-order valence-electron chi connectivity index (χ3n) is 5.27. The monoisotopic (exact) mass is 598 g/mol. The summed E-state index contributed by atoms with van der Waals surface area (Å²) in [4.78, 5) is 25.8. The molecule has 8 nitrogen and oxygen atoms in total. The largest absolute Gasteiger partial charge is 0.490 e. The van der Waals surface area contributed by atoms with Gasteiger partial charge in [-0.05, 0) is 67.2 Å². The van der Waals surface area contributed by atoms with Crippen molar-refractivity contribution in [3.8, 4) is 17.6 Å². The van der Waals surface area contributed by atoms with E-state index in [0.29, 0.717) is 44.8 Å². The Bertz CT molecular complexity index is 1520. The minimum absolute atomic E-state index is 0.164. The number of thioether (sulfide) groups is 1. The van der Waals surface area contributed by atoms with E-state index in [1.165, 1.54) is 6.07 Å². The molecular formula is C27H20Cl2N4O4S2. The molecule has 3 aromatic rings. The van der Waals surface area contributed by atoms with E-state index in [2.05, 4.69) is 16.8 Å². The number of hydrogen-bond acceptors (Lipinski definition) is 7. The highest BCUT2D eigenvalue weighted by Gasteiger charge is 2.33. The van der Waals surface area contributed by atoms with Crippen LogP contribution < -0.4 is 20.2 Å². The SMILES string of the molecule is CCOc1cc(/C=C2/SC(=S)N(NC(=O)Nc3ccc(Cl)c(Cl)c3)C2=O)ccc1OCc1ccccc1C#N. The fourth-order valence-electron chi connectivity index (χ4n) is 3.46. The van der Waals surface area contributed by atoms with Crippen LogP contribution in [0.2, 0.25) is 10.0 Å². The van der Waals surface area contributed by atoms with Crippen molar-refractivity contribution in [2.24, 2.45) is 0 Å². The van der Waals surface area contributed by atoms with Gasteiger partial charge in [-0.15, -0.1) is 0 Å². The fraction of sp³-hybridized carbons (Fsp3) is 0.111. The summed E-state index contributed by atoms with van der Waals surface area (Å²) in [6, 6.07) is 18.5. The van der Waals surface area contributed by atoms with Crippen molar-refractivity contribution in [1.29, 1.82) is 5.26 Å². The molecule has 1 aliphatic heterocycles. The molecule has 0 aliphatic carbocycles. The molecule has 0 spiro atoms. The van der Waals surface area contributed by atoms with Gasteiger partial charge in [0.15, 0.2) is 15.8 Å². The van der Waals surface area contributed by atoms with Crippen molar-refractivity contribution in [2.75, 3.05) is 11.9 Å². The first-order valence-corrected chi connectivity index (χ1v) is 13.5. The van der Waals surface area contributed by atoms with Gasteiger partial charge in [-0.25, -0.2) is 10.2 Å². The summed E-state index contributed by atoms with van der Waals surface area (Å²) in [7, 11) is 0. The van der Waals surface area contributed by atoms with Crippen molar-refractivity contribution >= 4 is 75.2 Å². The Kier molecular flexibility index (Phi) is 9.32. The number of nitrogens with one attached hydrogen (secondary N) is 2. The zero-order valence-corrected chi connectivity index (χ0v) is 23.5. The Balaban J connectivity index is 1.46. The number of thiocarbonyl (C=S) groups is 1. The lowest BCUT2D eigenvalue weighted by Crippen LogP contribution is -2.46. The first kappa shape index (κ1) is 28.3. The molecule has 2 N–H and O–H groups in total. The highest BCUT2D eigenvalue weighted by atomic mass is 35.5. The molecule has 0 bridgehead atoms. The van der Waals surface area contributed by atoms with Gasteiger partial charge in [-0.1, -0.05) is 59.2 Å². The van der Waals surface area contributed by atoms with Gasteiger partial charge in [-0.2, -0.15) is 10.3 Å². The molecule has 3 aromatic carbocycles. The van der Waals surface area contributed by atoms with Gasteiger partial charge in [-0.3, -0.25) is 4.79 Å². The minimum Gasteiger partial charge on any atom is -0.490 e. The van der Waals surface area contributed by atoms with Gasteiger partial charge in [0.1, 0.15) is 6.61 Å². The molecule has 0 saturated carbocycles. The molecule has 1 heterocycles. The van der Waals surface area contributed by atoms with Crippen LogP contribution in [0.5, 0.6) is 11.5 Å². The van der Waals surface area contributed by atoms with Gasteiger partial charge in [0, 0.05) is 11.3 Å². The van der Waals surface area contributed by atoms with Gasteiger partial charge >= 0.3 is 6.03 Å². The first-order valence-electron chi connectivity index (χ1n) is 11.5. The number of carbonyl (C=O) groups excluding carboxylic acids is 2. The van der Waals surface area contributed by atoms with Crippen LogP contribution in [-0.4, -0.2) is 27.9 Å². The Hall–Kier alpha value is -3.75. The molecule has 4 rings (SSSR count). The molecule has 1 fully saturated rings. The molecule has 0 radical (unpaired) electrons. The molecule has 198 valence electrons. The molecule has 0 atom stereocenters. The van der Waals surface area contributed by atoms with Gasteiger partial charge in [0.05, 0.1) is 33.2 Å². The van der Waals surface area contributed by atoms with Crippen LogP contribution >= 0.6 is 47.2 Å². The van der Waals surface area contributed by atoms with E-state index in [-0.39, 0.29) is 16.0 Å². The number of hydrogen-bond donors (Lipinski definition) is 2. The van der Waals surface area contributed by atoms with Crippen molar-refractivity contribution in [3.05, 3.63) is 92.3 Å². The highest BCUT2D eigenvalue weighted by Crippen LogP contribution is 2.35. The van der Waals surface area contributed by atoms with Crippen LogP contribution in [-0.2, 0) is 11.4 Å². The number of benzene rings is 3. The number of anilines is 1. The minimum atomic E-state index is -0.677. The van der Waals surface area contributed by atoms with E-state index in [1.54, 1.807) is 48.5 Å². The normalized spacial score (nSPS) is 13.8. The number of carbonyl (C=O) groups is 2. The van der Waals surface area contributed by atoms with Crippen LogP contribution in [0.15, 0.2) is 65.6 Å². The van der Waals surface area contributed by atoms with Crippen molar-refractivity contribution < 1.29 is 19.1 Å². The third kappa shape index (κ3) is 7.02. The lowest BCUT2D eigenvalue weighted by atomic mass is 10.1. The molecular weight excluding hydrogens is 579 g/mol. The fourth-order valence-corrected chi connectivity index (χ4v) is 4.94. The van der Waals surface area contributed by atoms with Crippen molar-refractivity contribution in [2.45, 2.75) is 13.5 Å². The standard InChI is InChI=1S/C27H20Cl2N4O4S2/c1-2-36-23-11-16(7-10-22(23)37-15-18-6-4-3-5-17(18)14-30)12-24-25(34)33(27(38)39-24)32-26(35)31-19-8-9-20(28)21(29)13-19/h3-13H,2,15H2,1H3,(H2,31,32,35)/b24-12+. The topological polar surface area (TPSA) is 104 Å². The average molecular weight is 600 g/mol. The van der Waals surface area contributed by atoms with E-state index in [4.69, 9.17) is 44.9 Å². The summed E-state index contributed by atoms with van der Waals surface area (Å²) in [6.07, 6.45) is 1.65. The number of hydrazine groups is 1. The summed E-state index contributed by atoms with van der Waals surface area (Å²) in [6.45, 7) is 2.44. The Morgan fingerprint density at radius 3 is 2.64 bits per heavy atom. The van der Waals surface area contributed by atoms with Crippen molar-refractivity contribution in [1.82, 2.24) is 10.4 Å². The Morgan fingerprint density at radius 2 is 1.90 bits per heavy atom. The first-order chi connectivity index (χ1) is 18.8. The number of rotatable bonds is 8. The second kappa shape index (κ2) is 12.9. The average Bonchev–Trinajstić information content (AvgIpc) is 3.17. The lowest BCUT2D eigenvalue weighted by Gasteiger charge is -2.16. The van der Waals surface area contributed by atoms with Crippen LogP contribution in [0.3, 0.4) is 0 Å². The molecule has 39 heavy (non-hydrogen) atoms. The maximum absolute atomic E-state index is 13.0. The van der Waals surface area contributed by atoms with Crippen LogP contribution in [0, 0.1) is 11.3 Å². The summed E-state index contributed by atoms with van der Waals surface area (Å²) in [5, 5.41) is 13.5. The summed E-state index contributed by atoms with van der Waals surface area (Å²) < 4.78 is 11.9. The Labute approximate surface area is 244 Å². The summed E-state index contributed by atoms with van der Waals surface area (Å²) in [5.74, 6) is 0.492. The second-order valence-electron chi connectivity index (χ2n) is 7.91. The van der Waals surface area contributed by atoms with E-state index < -0.39 is 11.9 Å². The number of amides is 3. The number of urea groups is 1. The molecule has 1 saturated heterocycles.